The van der Waals surface area contributed by atoms with Crippen LogP contribution in [-0.4, -0.2) is 40.4 Å². The van der Waals surface area contributed by atoms with Gasteiger partial charge in [-0.25, -0.2) is 14.9 Å². The molecule has 1 heterocycles. The molecule has 1 amide bonds. The van der Waals surface area contributed by atoms with Crippen molar-refractivity contribution < 1.29 is 24.2 Å². The minimum Gasteiger partial charge on any atom is -0.394 e. The molecule has 0 aliphatic rings. The second kappa shape index (κ2) is 9.25. The number of anilines is 2. The molecule has 1 aromatic heterocycles. The molecule has 1 aromatic carbocycles. The summed E-state index contributed by atoms with van der Waals surface area (Å²) in [5, 5.41) is 20.6. The summed E-state index contributed by atoms with van der Waals surface area (Å²) in [5.41, 5.74) is 2.41. The van der Waals surface area contributed by atoms with E-state index in [9.17, 15) is 14.3 Å². The summed E-state index contributed by atoms with van der Waals surface area (Å²) < 4.78 is 14.7. The van der Waals surface area contributed by atoms with Gasteiger partial charge in [-0.1, -0.05) is 11.6 Å². The van der Waals surface area contributed by atoms with E-state index < -0.39 is 24.4 Å². The number of rotatable bonds is 7. The third-order valence-electron chi connectivity index (χ3n) is 2.99. The van der Waals surface area contributed by atoms with Crippen LogP contribution >= 0.6 is 34.2 Å². The Bertz CT molecular complexity index is 766. The molecule has 2 aromatic rings. The fourth-order valence-electron chi connectivity index (χ4n) is 1.78. The van der Waals surface area contributed by atoms with Crippen molar-refractivity contribution in [2.75, 3.05) is 18.5 Å². The zero-order chi connectivity index (χ0) is 18.4. The van der Waals surface area contributed by atoms with E-state index in [2.05, 4.69) is 15.8 Å². The van der Waals surface area contributed by atoms with Gasteiger partial charge in [0.25, 0.3) is 5.91 Å². The highest BCUT2D eigenvalue weighted by molar-refractivity contribution is 14.1. The summed E-state index contributed by atoms with van der Waals surface area (Å²) in [4.78, 5) is 20.9. The quantitative estimate of drug-likeness (QED) is 0.275. The van der Waals surface area contributed by atoms with E-state index in [-0.39, 0.29) is 28.7 Å². The Kier molecular flexibility index (Phi) is 7.32. The van der Waals surface area contributed by atoms with Crippen molar-refractivity contribution >= 4 is 51.5 Å². The van der Waals surface area contributed by atoms with Gasteiger partial charge in [0, 0.05) is 9.77 Å². The lowest BCUT2D eigenvalue weighted by atomic mass is 10.2. The van der Waals surface area contributed by atoms with Gasteiger partial charge in [-0.2, -0.15) is 0 Å². The maximum atomic E-state index is 14.0. The number of carbonyl (C=O) groups excluding carboxylic acids is 1. The third kappa shape index (κ3) is 5.47. The van der Waals surface area contributed by atoms with Gasteiger partial charge in [-0.3, -0.25) is 9.63 Å². The van der Waals surface area contributed by atoms with Gasteiger partial charge in [-0.15, -0.1) is 0 Å². The minimum absolute atomic E-state index is 0.0269. The molecule has 0 aliphatic carbocycles. The zero-order valence-corrected chi connectivity index (χ0v) is 15.6. The van der Waals surface area contributed by atoms with Gasteiger partial charge in [-0.05, 0) is 46.9 Å². The van der Waals surface area contributed by atoms with Crippen LogP contribution in [0.1, 0.15) is 10.4 Å². The van der Waals surface area contributed by atoms with Crippen molar-refractivity contribution in [2.45, 2.75) is 6.10 Å². The van der Waals surface area contributed by atoms with Crippen molar-refractivity contribution in [2.24, 2.45) is 0 Å². The van der Waals surface area contributed by atoms with Crippen molar-refractivity contribution in [3.05, 3.63) is 50.6 Å². The van der Waals surface area contributed by atoms with E-state index in [1.807, 2.05) is 22.6 Å². The molecule has 4 N–H and O–H groups in total. The fourth-order valence-corrected chi connectivity index (χ4v) is 2.44. The number of hydrogen-bond acceptors (Lipinski definition) is 6. The monoisotopic (exact) mass is 481 g/mol. The maximum absolute atomic E-state index is 14.0. The van der Waals surface area contributed by atoms with Gasteiger partial charge in [0.05, 0.1) is 23.5 Å². The molecule has 0 bridgehead atoms. The number of hydrogen-bond donors (Lipinski definition) is 4. The Morgan fingerprint density at radius 1 is 1.44 bits per heavy atom. The average Bonchev–Trinajstić information content (AvgIpc) is 2.58. The Hall–Kier alpha value is -1.53. The lowest BCUT2D eigenvalue weighted by Crippen LogP contribution is -2.30. The number of halogens is 3. The predicted molar refractivity (Wildman–Crippen MR) is 98.2 cm³/mol. The number of benzene rings is 1. The molecular weight excluding hydrogens is 468 g/mol. The average molecular weight is 482 g/mol. The first kappa shape index (κ1) is 19.8. The number of aliphatic hydroxyl groups excluding tert-OH is 2. The van der Waals surface area contributed by atoms with E-state index in [1.165, 1.54) is 24.4 Å². The molecule has 134 valence electrons. The number of aromatic nitrogens is 1. The highest BCUT2D eigenvalue weighted by atomic mass is 127. The van der Waals surface area contributed by atoms with Crippen molar-refractivity contribution in [1.82, 2.24) is 10.5 Å². The van der Waals surface area contributed by atoms with E-state index in [4.69, 9.17) is 21.5 Å². The van der Waals surface area contributed by atoms with Crippen LogP contribution in [0.25, 0.3) is 0 Å². The van der Waals surface area contributed by atoms with Gasteiger partial charge in [0.2, 0.25) is 0 Å². The molecule has 7 nitrogen and oxygen atoms in total. The van der Waals surface area contributed by atoms with Crippen LogP contribution in [0.2, 0.25) is 5.15 Å². The van der Waals surface area contributed by atoms with Gasteiger partial charge in [0.1, 0.15) is 18.5 Å². The summed E-state index contributed by atoms with van der Waals surface area (Å²) in [5.74, 6) is -1.19. The van der Waals surface area contributed by atoms with E-state index in [0.29, 0.717) is 3.57 Å². The van der Waals surface area contributed by atoms with Gasteiger partial charge < -0.3 is 15.5 Å². The summed E-state index contributed by atoms with van der Waals surface area (Å²) in [7, 11) is 0. The van der Waals surface area contributed by atoms with E-state index in [1.54, 1.807) is 6.07 Å². The van der Waals surface area contributed by atoms with Crippen molar-refractivity contribution in [3.8, 4) is 0 Å². The Morgan fingerprint density at radius 2 is 2.20 bits per heavy atom. The predicted octanol–water partition coefficient (Wildman–Crippen LogP) is 2.24. The molecule has 1 atom stereocenters. The second-order valence-electron chi connectivity index (χ2n) is 4.85. The SMILES string of the molecule is O=C(NOC[C@@H](O)CO)c1ccnc(Cl)c1Nc1ccc(I)cc1F. The molecule has 0 saturated carbocycles. The van der Waals surface area contributed by atoms with Crippen LogP contribution in [0.3, 0.4) is 0 Å². The largest absolute Gasteiger partial charge is 0.394 e. The first-order valence-corrected chi connectivity index (χ1v) is 8.45. The molecule has 25 heavy (non-hydrogen) atoms. The molecule has 0 saturated heterocycles. The Morgan fingerprint density at radius 3 is 2.88 bits per heavy atom. The molecule has 0 spiro atoms. The van der Waals surface area contributed by atoms with Crippen molar-refractivity contribution in [3.63, 3.8) is 0 Å². The van der Waals surface area contributed by atoms with E-state index >= 15 is 0 Å². The highest BCUT2D eigenvalue weighted by Crippen LogP contribution is 2.29. The lowest BCUT2D eigenvalue weighted by molar-refractivity contribution is -0.0295. The lowest BCUT2D eigenvalue weighted by Gasteiger charge is -2.14. The summed E-state index contributed by atoms with van der Waals surface area (Å²) >= 11 is 8.00. The number of carbonyl (C=O) groups is 1. The molecule has 0 radical (unpaired) electrons. The molecule has 2 rings (SSSR count). The van der Waals surface area contributed by atoms with E-state index in [0.717, 1.165) is 0 Å². The molecule has 0 aliphatic heterocycles. The Labute approximate surface area is 161 Å². The van der Waals surface area contributed by atoms with Crippen LogP contribution < -0.4 is 10.8 Å². The second-order valence-corrected chi connectivity index (χ2v) is 6.46. The number of nitrogens with zero attached hydrogens (tertiary/aromatic N) is 1. The fraction of sp³-hybridized carbons (Fsp3) is 0.200. The molecule has 0 unspecified atom stereocenters. The normalized spacial score (nSPS) is 11.9. The molecule has 0 fully saturated rings. The molecular formula is C15H14ClFIN3O4. The van der Waals surface area contributed by atoms with Gasteiger partial charge in [0.15, 0.2) is 5.15 Å². The maximum Gasteiger partial charge on any atom is 0.277 e. The number of nitrogens with one attached hydrogen (secondary N) is 2. The highest BCUT2D eigenvalue weighted by Gasteiger charge is 2.17. The number of pyridine rings is 1. The number of amides is 1. The number of hydroxylamine groups is 1. The van der Waals surface area contributed by atoms with Crippen LogP contribution in [0.4, 0.5) is 15.8 Å². The summed E-state index contributed by atoms with van der Waals surface area (Å²) in [6, 6.07) is 5.90. The number of aliphatic hydroxyl groups is 2. The van der Waals surface area contributed by atoms with Gasteiger partial charge >= 0.3 is 0 Å². The standard InChI is InChI=1S/C15H14ClFIN3O4/c16-14-13(20-12-2-1-8(18)5-11(12)17)10(3-4-19-14)15(24)21-25-7-9(23)6-22/h1-5,9,20,22-23H,6-7H2,(H,21,24)/t9-/m0/s1. The zero-order valence-electron chi connectivity index (χ0n) is 12.7. The van der Waals surface area contributed by atoms with Crippen molar-refractivity contribution in [1.29, 1.82) is 0 Å². The minimum atomic E-state index is -1.13. The summed E-state index contributed by atoms with van der Waals surface area (Å²) in [6.07, 6.45) is 0.190. The first-order valence-electron chi connectivity index (χ1n) is 7.00. The summed E-state index contributed by atoms with van der Waals surface area (Å²) in [6.45, 7) is -0.800. The van der Waals surface area contributed by atoms with Crippen LogP contribution in [0.5, 0.6) is 0 Å². The smallest absolute Gasteiger partial charge is 0.277 e. The van der Waals surface area contributed by atoms with Crippen LogP contribution in [0, 0.1) is 9.39 Å². The van der Waals surface area contributed by atoms with Crippen LogP contribution in [0.15, 0.2) is 30.5 Å². The third-order valence-corrected chi connectivity index (χ3v) is 3.95. The van der Waals surface area contributed by atoms with Crippen LogP contribution in [-0.2, 0) is 4.84 Å². The Balaban J connectivity index is 2.19. The topological polar surface area (TPSA) is 104 Å². The first-order chi connectivity index (χ1) is 11.9. The molecule has 10 heteroatoms.